The smallest absolute Gasteiger partial charge is 0.325 e. The minimum Gasteiger partial charge on any atom is -0.468 e. The molecule has 17 heavy (non-hydrogen) atoms. The Morgan fingerprint density at radius 3 is 2.82 bits per heavy atom. The van der Waals surface area contributed by atoms with Crippen molar-refractivity contribution in [3.05, 3.63) is 36.4 Å². The van der Waals surface area contributed by atoms with E-state index in [9.17, 15) is 4.79 Å². The van der Waals surface area contributed by atoms with Crippen LogP contribution in [0.5, 0.6) is 0 Å². The first-order valence-electron chi connectivity index (χ1n) is 5.34. The lowest BCUT2D eigenvalue weighted by Gasteiger charge is -2.16. The van der Waals surface area contributed by atoms with Gasteiger partial charge in [-0.3, -0.25) is 4.79 Å². The Morgan fingerprint density at radius 1 is 1.29 bits per heavy atom. The van der Waals surface area contributed by atoms with E-state index in [1.165, 1.54) is 7.11 Å². The van der Waals surface area contributed by atoms with Crippen molar-refractivity contribution in [2.24, 2.45) is 0 Å². The second-order valence-electron chi connectivity index (χ2n) is 3.79. The number of fused-ring (bicyclic) bond motifs is 1. The molecule has 0 N–H and O–H groups in total. The molecular formula is C13H14N2O2. The molecule has 0 spiro atoms. The summed E-state index contributed by atoms with van der Waals surface area (Å²) in [6, 6.07) is 11.8. The van der Waals surface area contributed by atoms with Crippen molar-refractivity contribution in [2.75, 3.05) is 25.6 Å². The number of likely N-dealkylation sites (N-methyl/N-ethyl adjacent to an activating group) is 1. The zero-order valence-corrected chi connectivity index (χ0v) is 9.88. The molecule has 1 aromatic heterocycles. The Labute approximate surface area is 99.8 Å². The van der Waals surface area contributed by atoms with Gasteiger partial charge in [-0.1, -0.05) is 18.2 Å². The Bertz CT molecular complexity index is 540. The van der Waals surface area contributed by atoms with Crippen molar-refractivity contribution < 1.29 is 9.53 Å². The molecule has 4 heteroatoms. The number of hydrogen-bond acceptors (Lipinski definition) is 4. The maximum atomic E-state index is 11.2. The minimum atomic E-state index is -0.276. The summed E-state index contributed by atoms with van der Waals surface area (Å²) in [4.78, 5) is 17.4. The third-order valence-electron chi connectivity index (χ3n) is 2.57. The topological polar surface area (TPSA) is 42.4 Å². The summed E-state index contributed by atoms with van der Waals surface area (Å²) in [6.07, 6.45) is 0. The van der Waals surface area contributed by atoms with Gasteiger partial charge in [-0.05, 0) is 18.2 Å². The number of para-hydroxylation sites is 1. The fraction of sp³-hybridized carbons (Fsp3) is 0.231. The Balaban J connectivity index is 2.26. The third kappa shape index (κ3) is 2.53. The van der Waals surface area contributed by atoms with Crippen LogP contribution in [0.4, 0.5) is 5.82 Å². The molecule has 0 radical (unpaired) electrons. The number of rotatable bonds is 3. The van der Waals surface area contributed by atoms with E-state index in [-0.39, 0.29) is 12.5 Å². The second kappa shape index (κ2) is 4.82. The first-order chi connectivity index (χ1) is 8.20. The Morgan fingerprint density at radius 2 is 2.06 bits per heavy atom. The molecule has 2 aromatic rings. The lowest BCUT2D eigenvalue weighted by molar-refractivity contribution is -0.138. The molecule has 0 unspecified atom stereocenters. The monoisotopic (exact) mass is 230 g/mol. The molecule has 88 valence electrons. The SMILES string of the molecule is COC(=O)CN(C)c1ccc2ccccc2n1. The van der Waals surface area contributed by atoms with E-state index in [0.29, 0.717) is 0 Å². The van der Waals surface area contributed by atoms with Crippen LogP contribution >= 0.6 is 0 Å². The lowest BCUT2D eigenvalue weighted by Crippen LogP contribution is -2.27. The van der Waals surface area contributed by atoms with Crippen molar-refractivity contribution in [2.45, 2.75) is 0 Å². The van der Waals surface area contributed by atoms with Crippen LogP contribution in [0.15, 0.2) is 36.4 Å². The van der Waals surface area contributed by atoms with Crippen molar-refractivity contribution in [3.8, 4) is 0 Å². The van der Waals surface area contributed by atoms with Gasteiger partial charge in [0.25, 0.3) is 0 Å². The van der Waals surface area contributed by atoms with Crippen LogP contribution in [-0.4, -0.2) is 31.7 Å². The summed E-state index contributed by atoms with van der Waals surface area (Å²) < 4.78 is 4.62. The number of carbonyl (C=O) groups excluding carboxylic acids is 1. The molecule has 0 aliphatic heterocycles. The van der Waals surface area contributed by atoms with Gasteiger partial charge in [0.2, 0.25) is 0 Å². The van der Waals surface area contributed by atoms with Crippen LogP contribution in [0.25, 0.3) is 10.9 Å². The van der Waals surface area contributed by atoms with Crippen LogP contribution in [0.2, 0.25) is 0 Å². The number of pyridine rings is 1. The second-order valence-corrected chi connectivity index (χ2v) is 3.79. The van der Waals surface area contributed by atoms with E-state index in [1.54, 1.807) is 4.90 Å². The van der Waals surface area contributed by atoms with Crippen molar-refractivity contribution >= 4 is 22.7 Å². The predicted molar refractivity (Wildman–Crippen MR) is 67.0 cm³/mol. The summed E-state index contributed by atoms with van der Waals surface area (Å²) in [7, 11) is 3.19. The number of hydrogen-bond donors (Lipinski definition) is 0. The Kier molecular flexibility index (Phi) is 3.23. The lowest BCUT2D eigenvalue weighted by atomic mass is 10.2. The number of carbonyl (C=O) groups is 1. The van der Waals surface area contributed by atoms with Crippen LogP contribution in [0.1, 0.15) is 0 Å². The molecule has 0 amide bonds. The summed E-state index contributed by atoms with van der Waals surface area (Å²) in [5.74, 6) is 0.483. The highest BCUT2D eigenvalue weighted by Crippen LogP contribution is 2.16. The molecule has 0 aliphatic carbocycles. The number of esters is 1. The van der Waals surface area contributed by atoms with Crippen LogP contribution in [-0.2, 0) is 9.53 Å². The number of ether oxygens (including phenoxy) is 1. The molecule has 0 atom stereocenters. The first-order valence-corrected chi connectivity index (χ1v) is 5.34. The Hall–Kier alpha value is -2.10. The highest BCUT2D eigenvalue weighted by molar-refractivity contribution is 5.81. The molecule has 0 bridgehead atoms. The van der Waals surface area contributed by atoms with Crippen molar-refractivity contribution in [1.82, 2.24) is 4.98 Å². The van der Waals surface area contributed by atoms with Gasteiger partial charge < -0.3 is 9.64 Å². The molecule has 0 aliphatic rings. The predicted octanol–water partition coefficient (Wildman–Crippen LogP) is 1.84. The zero-order chi connectivity index (χ0) is 12.3. The molecule has 1 aromatic carbocycles. The number of nitrogens with zero attached hydrogens (tertiary/aromatic N) is 2. The number of benzene rings is 1. The molecule has 2 rings (SSSR count). The summed E-state index contributed by atoms with van der Waals surface area (Å²) >= 11 is 0. The molecule has 0 saturated heterocycles. The van der Waals surface area contributed by atoms with Crippen molar-refractivity contribution in [3.63, 3.8) is 0 Å². The molecule has 1 heterocycles. The molecule has 4 nitrogen and oxygen atoms in total. The van der Waals surface area contributed by atoms with Gasteiger partial charge in [0.05, 0.1) is 12.6 Å². The summed E-state index contributed by atoms with van der Waals surface area (Å²) in [5.41, 5.74) is 0.918. The highest BCUT2D eigenvalue weighted by atomic mass is 16.5. The van der Waals surface area contributed by atoms with Gasteiger partial charge in [0.1, 0.15) is 12.4 Å². The van der Waals surface area contributed by atoms with E-state index in [2.05, 4.69) is 9.72 Å². The fourth-order valence-corrected chi connectivity index (χ4v) is 1.61. The minimum absolute atomic E-state index is 0.196. The van der Waals surface area contributed by atoms with Gasteiger partial charge in [-0.15, -0.1) is 0 Å². The van der Waals surface area contributed by atoms with Crippen LogP contribution < -0.4 is 4.90 Å². The van der Waals surface area contributed by atoms with Crippen LogP contribution in [0.3, 0.4) is 0 Å². The zero-order valence-electron chi connectivity index (χ0n) is 9.88. The van der Waals surface area contributed by atoms with Crippen LogP contribution in [0, 0.1) is 0 Å². The van der Waals surface area contributed by atoms with E-state index < -0.39 is 0 Å². The number of aromatic nitrogens is 1. The summed E-state index contributed by atoms with van der Waals surface area (Å²) in [6.45, 7) is 0.196. The molecular weight excluding hydrogens is 216 g/mol. The van der Waals surface area contributed by atoms with E-state index in [0.717, 1.165) is 16.7 Å². The largest absolute Gasteiger partial charge is 0.468 e. The maximum absolute atomic E-state index is 11.2. The van der Waals surface area contributed by atoms with Gasteiger partial charge in [-0.2, -0.15) is 0 Å². The van der Waals surface area contributed by atoms with Gasteiger partial charge >= 0.3 is 5.97 Å². The fourth-order valence-electron chi connectivity index (χ4n) is 1.61. The van der Waals surface area contributed by atoms with Crippen molar-refractivity contribution in [1.29, 1.82) is 0 Å². The van der Waals surface area contributed by atoms with E-state index in [1.807, 2.05) is 43.4 Å². The number of methoxy groups -OCH3 is 1. The van der Waals surface area contributed by atoms with Gasteiger partial charge in [-0.25, -0.2) is 4.98 Å². The highest BCUT2D eigenvalue weighted by Gasteiger charge is 2.08. The average molecular weight is 230 g/mol. The number of anilines is 1. The average Bonchev–Trinajstić information content (AvgIpc) is 2.38. The van der Waals surface area contributed by atoms with Gasteiger partial charge in [0, 0.05) is 12.4 Å². The normalized spacial score (nSPS) is 10.2. The third-order valence-corrected chi connectivity index (χ3v) is 2.57. The standard InChI is InChI=1S/C13H14N2O2/c1-15(9-13(16)17-2)12-8-7-10-5-3-4-6-11(10)14-12/h3-8H,9H2,1-2H3. The summed E-state index contributed by atoms with van der Waals surface area (Å²) in [5, 5.41) is 1.09. The first kappa shape index (κ1) is 11.4. The maximum Gasteiger partial charge on any atom is 0.325 e. The molecule has 0 fully saturated rings. The van der Waals surface area contributed by atoms with E-state index >= 15 is 0 Å². The quantitative estimate of drug-likeness (QED) is 0.755. The molecule has 0 saturated carbocycles. The van der Waals surface area contributed by atoms with E-state index in [4.69, 9.17) is 0 Å². The van der Waals surface area contributed by atoms with Gasteiger partial charge in [0.15, 0.2) is 0 Å².